The van der Waals surface area contributed by atoms with Crippen molar-refractivity contribution in [2.24, 2.45) is 9.98 Å². The van der Waals surface area contributed by atoms with Crippen molar-refractivity contribution in [1.82, 2.24) is 4.98 Å². The van der Waals surface area contributed by atoms with E-state index in [9.17, 15) is 0 Å². The first-order valence-corrected chi connectivity index (χ1v) is 9.12. The van der Waals surface area contributed by atoms with Gasteiger partial charge in [-0.2, -0.15) is 0 Å². The van der Waals surface area contributed by atoms with Crippen molar-refractivity contribution in [3.05, 3.63) is 104 Å². The molecule has 124 valence electrons. The summed E-state index contributed by atoms with van der Waals surface area (Å²) in [4.78, 5) is 13.5. The number of rotatable bonds is 0. The monoisotopic (exact) mass is 343 g/mol. The second-order valence-electron chi connectivity index (χ2n) is 7.15. The van der Waals surface area contributed by atoms with E-state index >= 15 is 0 Å². The number of nitrogens with one attached hydrogen (secondary N) is 1. The molecule has 0 saturated carbocycles. The van der Waals surface area contributed by atoms with Gasteiger partial charge in [0.2, 0.25) is 0 Å². The van der Waals surface area contributed by atoms with Gasteiger partial charge in [-0.25, -0.2) is 9.98 Å². The average molecular weight is 343 g/mol. The summed E-state index contributed by atoms with van der Waals surface area (Å²) in [6.45, 7) is 0. The third kappa shape index (κ3) is 1.57. The van der Waals surface area contributed by atoms with Crippen LogP contribution in [0, 0.1) is 20.9 Å². The minimum absolute atomic E-state index is 1.04. The first-order valence-electron chi connectivity index (χ1n) is 9.12. The largest absolute Gasteiger partial charge is 0.351 e. The van der Waals surface area contributed by atoms with Crippen LogP contribution in [0.4, 0.5) is 11.4 Å². The summed E-state index contributed by atoms with van der Waals surface area (Å²) in [5.41, 5.74) is 4.26. The van der Waals surface area contributed by atoms with Gasteiger partial charge in [0.05, 0.1) is 33.1 Å². The zero-order valence-corrected chi connectivity index (χ0v) is 14.3. The Balaban J connectivity index is 1.71. The van der Waals surface area contributed by atoms with Crippen molar-refractivity contribution in [3.63, 3.8) is 0 Å². The summed E-state index contributed by atoms with van der Waals surface area (Å²) < 4.78 is 0. The van der Waals surface area contributed by atoms with Gasteiger partial charge in [0.15, 0.2) is 0 Å². The predicted molar refractivity (Wildman–Crippen MR) is 106 cm³/mol. The molecule has 1 aromatic heterocycles. The number of H-pyrrole nitrogens is 1. The average Bonchev–Trinajstić information content (AvgIpc) is 3.38. The SMILES string of the molecule is c1ccc2c(c1)=Nc1c=2ccc2c1[nH]c1c3c(ccc12)=c1ccccc1=N3. The first kappa shape index (κ1) is 13.5. The molecule has 0 fully saturated rings. The van der Waals surface area contributed by atoms with Gasteiger partial charge in [0.25, 0.3) is 0 Å². The standard InChI is InChI=1S/C24H13N3/c1-3-7-19-13(5-1)15-9-11-17-18-12-10-16-14-6-2-4-8-20(14)26-22(16)24(18)27-23(17)21(15)25-19/h1-12,27H. The van der Waals surface area contributed by atoms with Crippen molar-refractivity contribution in [2.75, 3.05) is 0 Å². The van der Waals surface area contributed by atoms with Crippen molar-refractivity contribution >= 4 is 33.2 Å². The van der Waals surface area contributed by atoms with Crippen LogP contribution in [-0.2, 0) is 0 Å². The summed E-state index contributed by atoms with van der Waals surface area (Å²) in [5.74, 6) is 0. The molecule has 2 aliphatic rings. The van der Waals surface area contributed by atoms with Gasteiger partial charge < -0.3 is 4.98 Å². The Morgan fingerprint density at radius 3 is 1.48 bits per heavy atom. The highest BCUT2D eigenvalue weighted by Gasteiger charge is 2.16. The number of benzene rings is 4. The number of nitrogens with zero attached hydrogens (tertiary/aromatic N) is 2. The van der Waals surface area contributed by atoms with Gasteiger partial charge in [-0.1, -0.05) is 60.7 Å². The minimum Gasteiger partial charge on any atom is -0.351 e. The van der Waals surface area contributed by atoms with Crippen LogP contribution in [0.3, 0.4) is 0 Å². The topological polar surface area (TPSA) is 40.5 Å². The highest BCUT2D eigenvalue weighted by molar-refractivity contribution is 6.13. The molecule has 3 nitrogen and oxygen atoms in total. The summed E-state index contributed by atoms with van der Waals surface area (Å²) in [7, 11) is 0. The van der Waals surface area contributed by atoms with E-state index in [1.807, 2.05) is 12.1 Å². The Bertz CT molecular complexity index is 1640. The van der Waals surface area contributed by atoms with Crippen molar-refractivity contribution < 1.29 is 0 Å². The Morgan fingerprint density at radius 2 is 0.963 bits per heavy atom. The molecule has 0 atom stereocenters. The summed E-state index contributed by atoms with van der Waals surface area (Å²) in [6, 6.07) is 25.5. The van der Waals surface area contributed by atoms with Gasteiger partial charge >= 0.3 is 0 Å². The minimum atomic E-state index is 1.04. The van der Waals surface area contributed by atoms with E-state index in [0.717, 1.165) is 33.1 Å². The number of fused-ring (bicyclic) bond motifs is 9. The van der Waals surface area contributed by atoms with E-state index in [-0.39, 0.29) is 0 Å². The molecule has 7 rings (SSSR count). The van der Waals surface area contributed by atoms with Gasteiger partial charge in [-0.05, 0) is 12.1 Å². The molecule has 5 aromatic rings. The maximum absolute atomic E-state index is 4.91. The molecular formula is C24H13N3. The Morgan fingerprint density at radius 1 is 0.481 bits per heavy atom. The summed E-state index contributed by atoms with van der Waals surface area (Å²) >= 11 is 0. The van der Waals surface area contributed by atoms with Crippen LogP contribution < -0.4 is 10.7 Å². The summed E-state index contributed by atoms with van der Waals surface area (Å²) in [5, 5.41) is 9.29. The number of hydrogen-bond donors (Lipinski definition) is 1. The Kier molecular flexibility index (Phi) is 2.25. The highest BCUT2D eigenvalue weighted by atomic mass is 14.8. The quantitative estimate of drug-likeness (QED) is 0.423. The summed E-state index contributed by atoms with van der Waals surface area (Å²) in [6.07, 6.45) is 0. The van der Waals surface area contributed by atoms with Crippen LogP contribution >= 0.6 is 0 Å². The third-order valence-electron chi connectivity index (χ3n) is 5.75. The third-order valence-corrected chi connectivity index (χ3v) is 5.75. The van der Waals surface area contributed by atoms with E-state index in [1.54, 1.807) is 0 Å². The van der Waals surface area contributed by atoms with Crippen LogP contribution in [-0.4, -0.2) is 4.98 Å². The molecule has 0 spiro atoms. The van der Waals surface area contributed by atoms with Crippen molar-refractivity contribution in [3.8, 4) is 0 Å². The fourth-order valence-corrected chi connectivity index (χ4v) is 4.51. The fourth-order valence-electron chi connectivity index (χ4n) is 4.51. The number of para-hydroxylation sites is 2. The number of aromatic nitrogens is 1. The van der Waals surface area contributed by atoms with Gasteiger partial charge in [0, 0.05) is 31.6 Å². The van der Waals surface area contributed by atoms with E-state index in [1.165, 1.54) is 31.6 Å². The van der Waals surface area contributed by atoms with Gasteiger partial charge in [0.1, 0.15) is 0 Å². The second kappa shape index (κ2) is 4.51. The van der Waals surface area contributed by atoms with E-state index in [2.05, 4.69) is 65.6 Å². The van der Waals surface area contributed by atoms with Crippen LogP contribution in [0.25, 0.3) is 21.8 Å². The molecule has 0 radical (unpaired) electrons. The van der Waals surface area contributed by atoms with Crippen LogP contribution in [0.2, 0.25) is 0 Å². The van der Waals surface area contributed by atoms with Crippen molar-refractivity contribution in [2.45, 2.75) is 0 Å². The van der Waals surface area contributed by atoms with Crippen LogP contribution in [0.5, 0.6) is 0 Å². The van der Waals surface area contributed by atoms with E-state index in [0.29, 0.717) is 0 Å². The van der Waals surface area contributed by atoms with Crippen molar-refractivity contribution in [1.29, 1.82) is 0 Å². The maximum atomic E-state index is 4.91. The fraction of sp³-hybridized carbons (Fsp3) is 0. The molecule has 0 amide bonds. The van der Waals surface area contributed by atoms with Gasteiger partial charge in [-0.15, -0.1) is 0 Å². The smallest absolute Gasteiger partial charge is 0.0957 e. The van der Waals surface area contributed by atoms with Crippen LogP contribution in [0.1, 0.15) is 0 Å². The molecule has 2 aliphatic heterocycles. The zero-order chi connectivity index (χ0) is 17.5. The van der Waals surface area contributed by atoms with Gasteiger partial charge in [-0.3, -0.25) is 0 Å². The lowest BCUT2D eigenvalue weighted by atomic mass is 10.1. The Labute approximate surface area is 153 Å². The normalized spacial score (nSPS) is 13.0. The lowest BCUT2D eigenvalue weighted by Gasteiger charge is -1.95. The molecule has 1 N–H and O–H groups in total. The molecule has 3 heterocycles. The number of hydrogen-bond acceptors (Lipinski definition) is 2. The zero-order valence-electron chi connectivity index (χ0n) is 14.3. The molecule has 0 bridgehead atoms. The van der Waals surface area contributed by atoms with Crippen LogP contribution in [0.15, 0.2) is 82.8 Å². The molecule has 0 saturated heterocycles. The predicted octanol–water partition coefficient (Wildman–Crippen LogP) is 4.42. The van der Waals surface area contributed by atoms with E-state index in [4.69, 9.17) is 9.98 Å². The highest BCUT2D eigenvalue weighted by Crippen LogP contribution is 2.38. The molecule has 4 aromatic carbocycles. The molecule has 0 aliphatic carbocycles. The maximum Gasteiger partial charge on any atom is 0.0957 e. The lowest BCUT2D eigenvalue weighted by Crippen LogP contribution is -1.97. The number of aromatic amines is 1. The molecule has 27 heavy (non-hydrogen) atoms. The molecular weight excluding hydrogens is 330 g/mol. The van der Waals surface area contributed by atoms with E-state index < -0.39 is 0 Å². The second-order valence-corrected chi connectivity index (χ2v) is 7.15. The first-order chi connectivity index (χ1) is 13.4. The Hall–Kier alpha value is -3.72. The molecule has 0 unspecified atom stereocenters. The molecule has 3 heteroatoms. The lowest BCUT2D eigenvalue weighted by molar-refractivity contribution is 1.36.